The average Bonchev–Trinajstić information content (AvgIpc) is 2.17. The van der Waals surface area contributed by atoms with Crippen LogP contribution in [0.4, 0.5) is 0 Å². The van der Waals surface area contributed by atoms with Gasteiger partial charge in [0.15, 0.2) is 0 Å². The van der Waals surface area contributed by atoms with Crippen molar-refractivity contribution >= 4 is 21.5 Å². The van der Waals surface area contributed by atoms with Crippen molar-refractivity contribution in [2.75, 3.05) is 5.33 Å². The standard InChI is InChI=1S/C11H13Br/c1-3-10-4-6-11(7-5-10)9(2)8-12/h4-7H,2-3,8H2,1H3. The first-order valence-corrected chi connectivity index (χ1v) is 5.23. The van der Waals surface area contributed by atoms with Crippen LogP contribution in [0.25, 0.3) is 5.57 Å². The molecule has 1 heteroatoms. The van der Waals surface area contributed by atoms with Crippen LogP contribution in [0.1, 0.15) is 18.1 Å². The molecule has 0 unspecified atom stereocenters. The highest BCUT2D eigenvalue weighted by Gasteiger charge is 1.95. The Balaban J connectivity index is 2.84. The first kappa shape index (κ1) is 9.53. The van der Waals surface area contributed by atoms with E-state index in [4.69, 9.17) is 0 Å². The lowest BCUT2D eigenvalue weighted by Gasteiger charge is -2.02. The lowest BCUT2D eigenvalue weighted by atomic mass is 10.1. The molecule has 0 fully saturated rings. The maximum atomic E-state index is 3.95. The van der Waals surface area contributed by atoms with Gasteiger partial charge in [-0.25, -0.2) is 0 Å². The van der Waals surface area contributed by atoms with Gasteiger partial charge in [-0.15, -0.1) is 0 Å². The molecule has 1 aromatic carbocycles. The molecule has 1 aromatic rings. The monoisotopic (exact) mass is 224 g/mol. The predicted molar refractivity (Wildman–Crippen MR) is 58.6 cm³/mol. The van der Waals surface area contributed by atoms with Crippen LogP contribution in [-0.2, 0) is 6.42 Å². The van der Waals surface area contributed by atoms with E-state index in [0.29, 0.717) is 0 Å². The van der Waals surface area contributed by atoms with Crippen LogP contribution < -0.4 is 0 Å². The molecular weight excluding hydrogens is 212 g/mol. The minimum Gasteiger partial charge on any atom is -0.0944 e. The first-order valence-electron chi connectivity index (χ1n) is 4.11. The van der Waals surface area contributed by atoms with Gasteiger partial charge < -0.3 is 0 Å². The van der Waals surface area contributed by atoms with E-state index in [-0.39, 0.29) is 0 Å². The molecule has 0 bridgehead atoms. The van der Waals surface area contributed by atoms with Gasteiger partial charge in [-0.05, 0) is 23.1 Å². The molecule has 0 N–H and O–H groups in total. The van der Waals surface area contributed by atoms with Gasteiger partial charge in [0, 0.05) is 5.33 Å². The fourth-order valence-corrected chi connectivity index (χ4v) is 1.38. The lowest BCUT2D eigenvalue weighted by Crippen LogP contribution is -1.85. The number of alkyl halides is 1. The minimum absolute atomic E-state index is 0.846. The van der Waals surface area contributed by atoms with Crippen molar-refractivity contribution in [2.24, 2.45) is 0 Å². The lowest BCUT2D eigenvalue weighted by molar-refractivity contribution is 1.14. The Bertz CT molecular complexity index is 259. The number of halogens is 1. The molecule has 0 aromatic heterocycles. The second-order valence-corrected chi connectivity index (χ2v) is 3.35. The van der Waals surface area contributed by atoms with Crippen molar-refractivity contribution < 1.29 is 0 Å². The SMILES string of the molecule is C=C(CBr)c1ccc(CC)cc1. The van der Waals surface area contributed by atoms with E-state index in [1.165, 1.54) is 11.1 Å². The smallest absolute Gasteiger partial charge is 0.0283 e. The summed E-state index contributed by atoms with van der Waals surface area (Å²) in [5.74, 6) is 0. The van der Waals surface area contributed by atoms with E-state index in [0.717, 1.165) is 17.3 Å². The number of hydrogen-bond acceptors (Lipinski definition) is 0. The summed E-state index contributed by atoms with van der Waals surface area (Å²) in [7, 11) is 0. The Morgan fingerprint density at radius 2 is 1.92 bits per heavy atom. The van der Waals surface area contributed by atoms with E-state index >= 15 is 0 Å². The van der Waals surface area contributed by atoms with Crippen LogP contribution in [0.3, 0.4) is 0 Å². The summed E-state index contributed by atoms with van der Waals surface area (Å²) in [5, 5.41) is 0.846. The molecule has 12 heavy (non-hydrogen) atoms. The Labute approximate surface area is 82.4 Å². The molecule has 0 aliphatic carbocycles. The van der Waals surface area contributed by atoms with Gasteiger partial charge >= 0.3 is 0 Å². The Morgan fingerprint density at radius 3 is 2.33 bits per heavy atom. The zero-order valence-corrected chi connectivity index (χ0v) is 8.89. The number of aryl methyl sites for hydroxylation is 1. The Kier molecular flexibility index (Phi) is 3.54. The molecule has 0 spiro atoms. The van der Waals surface area contributed by atoms with Crippen LogP contribution in [0, 0.1) is 0 Å². The van der Waals surface area contributed by atoms with Crippen LogP contribution in [-0.4, -0.2) is 5.33 Å². The van der Waals surface area contributed by atoms with Crippen molar-refractivity contribution in [3.8, 4) is 0 Å². The Morgan fingerprint density at radius 1 is 1.33 bits per heavy atom. The van der Waals surface area contributed by atoms with Crippen molar-refractivity contribution in [3.05, 3.63) is 42.0 Å². The summed E-state index contributed by atoms with van der Waals surface area (Å²) in [6.45, 7) is 6.11. The maximum absolute atomic E-state index is 3.95. The molecule has 0 saturated carbocycles. The molecule has 64 valence electrons. The van der Waals surface area contributed by atoms with Crippen LogP contribution >= 0.6 is 15.9 Å². The quantitative estimate of drug-likeness (QED) is 0.688. The number of allylic oxidation sites excluding steroid dienone is 1. The van der Waals surface area contributed by atoms with Crippen LogP contribution in [0.2, 0.25) is 0 Å². The highest BCUT2D eigenvalue weighted by atomic mass is 79.9. The van der Waals surface area contributed by atoms with Crippen LogP contribution in [0.15, 0.2) is 30.8 Å². The summed E-state index contributed by atoms with van der Waals surface area (Å²) >= 11 is 3.39. The van der Waals surface area contributed by atoms with E-state index in [1.807, 2.05) is 0 Å². The molecule has 0 radical (unpaired) electrons. The van der Waals surface area contributed by atoms with Gasteiger partial charge in [-0.3, -0.25) is 0 Å². The third-order valence-corrected chi connectivity index (χ3v) is 2.61. The maximum Gasteiger partial charge on any atom is 0.0283 e. The molecule has 0 nitrogen and oxygen atoms in total. The zero-order chi connectivity index (χ0) is 8.97. The van der Waals surface area contributed by atoms with Crippen molar-refractivity contribution in [1.82, 2.24) is 0 Å². The second kappa shape index (κ2) is 4.46. The highest BCUT2D eigenvalue weighted by molar-refractivity contribution is 9.09. The average molecular weight is 225 g/mol. The predicted octanol–water partition coefficient (Wildman–Crippen LogP) is 3.66. The van der Waals surface area contributed by atoms with E-state index in [9.17, 15) is 0 Å². The molecule has 0 amide bonds. The first-order chi connectivity index (χ1) is 5.77. The summed E-state index contributed by atoms with van der Waals surface area (Å²) in [6.07, 6.45) is 1.10. The fourth-order valence-electron chi connectivity index (χ4n) is 1.05. The van der Waals surface area contributed by atoms with Crippen LogP contribution in [0.5, 0.6) is 0 Å². The number of benzene rings is 1. The van der Waals surface area contributed by atoms with Gasteiger partial charge in [0.05, 0.1) is 0 Å². The summed E-state index contributed by atoms with van der Waals surface area (Å²) < 4.78 is 0. The van der Waals surface area contributed by atoms with E-state index < -0.39 is 0 Å². The van der Waals surface area contributed by atoms with Crippen molar-refractivity contribution in [1.29, 1.82) is 0 Å². The minimum atomic E-state index is 0.846. The summed E-state index contributed by atoms with van der Waals surface area (Å²) in [4.78, 5) is 0. The molecule has 0 atom stereocenters. The van der Waals surface area contributed by atoms with E-state index in [1.54, 1.807) is 0 Å². The summed E-state index contributed by atoms with van der Waals surface area (Å²) in [5.41, 5.74) is 3.74. The molecule has 0 heterocycles. The van der Waals surface area contributed by atoms with Gasteiger partial charge in [0.25, 0.3) is 0 Å². The normalized spacial score (nSPS) is 9.83. The highest BCUT2D eigenvalue weighted by Crippen LogP contribution is 2.15. The fraction of sp³-hybridized carbons (Fsp3) is 0.273. The topological polar surface area (TPSA) is 0 Å². The molecule has 0 saturated heterocycles. The number of hydrogen-bond donors (Lipinski definition) is 0. The molecular formula is C11H13Br. The van der Waals surface area contributed by atoms with Gasteiger partial charge in [-0.2, -0.15) is 0 Å². The Hall–Kier alpha value is -0.560. The van der Waals surface area contributed by atoms with Gasteiger partial charge in [-0.1, -0.05) is 53.7 Å². The third kappa shape index (κ3) is 2.21. The van der Waals surface area contributed by atoms with Crippen molar-refractivity contribution in [3.63, 3.8) is 0 Å². The second-order valence-electron chi connectivity index (χ2n) is 2.79. The van der Waals surface area contributed by atoms with Gasteiger partial charge in [0.2, 0.25) is 0 Å². The van der Waals surface area contributed by atoms with Gasteiger partial charge in [0.1, 0.15) is 0 Å². The third-order valence-electron chi connectivity index (χ3n) is 1.93. The van der Waals surface area contributed by atoms with E-state index in [2.05, 4.69) is 53.7 Å². The molecule has 0 aliphatic heterocycles. The molecule has 0 aliphatic rings. The zero-order valence-electron chi connectivity index (χ0n) is 7.31. The van der Waals surface area contributed by atoms with Crippen molar-refractivity contribution in [2.45, 2.75) is 13.3 Å². The molecule has 1 rings (SSSR count). The number of rotatable bonds is 3. The largest absolute Gasteiger partial charge is 0.0944 e. The summed E-state index contributed by atoms with van der Waals surface area (Å²) in [6, 6.07) is 8.57.